The maximum atomic E-state index is 5.60. The predicted molar refractivity (Wildman–Crippen MR) is 187 cm³/mol. The number of aromatic nitrogens is 2. The van der Waals surface area contributed by atoms with E-state index in [1.807, 2.05) is 0 Å². The van der Waals surface area contributed by atoms with Crippen LogP contribution in [0.25, 0.3) is 21.5 Å². The second-order valence-electron chi connectivity index (χ2n) is 14.5. The van der Waals surface area contributed by atoms with E-state index in [1.165, 1.54) is 38.9 Å². The SMILES string of the molecule is Cc1ccc2c3n4c(c2c1)=NC1=[N+]2C(=Nc5c6cc(C)c(C)cc6c6n5C42[N+]2=C(N=3)c3cc(C)c(C)cc3C2=N6)c2cc(C)c(C)cc21. The second kappa shape index (κ2) is 7.52. The number of fused-ring (bicyclic) bond motifs is 12. The summed E-state index contributed by atoms with van der Waals surface area (Å²) in [5, 5.41) is 4.43. The van der Waals surface area contributed by atoms with Crippen LogP contribution in [-0.4, -0.2) is 41.6 Å². The predicted octanol–water partition coefficient (Wildman–Crippen LogP) is 5.87. The first-order chi connectivity index (χ1) is 23.2. The molecule has 0 bridgehead atoms. The van der Waals surface area contributed by atoms with Crippen molar-refractivity contribution in [3.05, 3.63) is 127 Å². The molecule has 0 aliphatic carbocycles. The van der Waals surface area contributed by atoms with Crippen molar-refractivity contribution in [2.45, 2.75) is 54.4 Å². The summed E-state index contributed by atoms with van der Waals surface area (Å²) in [5.41, 5.74) is 14.9. The molecule has 0 radical (unpaired) electrons. The van der Waals surface area contributed by atoms with E-state index < -0.39 is 5.91 Å². The smallest absolute Gasteiger partial charge is 0.192 e. The van der Waals surface area contributed by atoms with Crippen LogP contribution >= 0.6 is 0 Å². The van der Waals surface area contributed by atoms with Crippen molar-refractivity contribution < 1.29 is 9.15 Å². The van der Waals surface area contributed by atoms with Crippen LogP contribution in [-0.2, 0) is 5.91 Å². The molecule has 1 spiro atoms. The van der Waals surface area contributed by atoms with Gasteiger partial charge in [-0.15, -0.1) is 9.15 Å². The van der Waals surface area contributed by atoms with E-state index in [-0.39, 0.29) is 0 Å². The van der Waals surface area contributed by atoms with Gasteiger partial charge in [-0.05, 0) is 130 Å². The molecule has 8 heterocycles. The minimum Gasteiger partial charge on any atom is -0.192 e. The number of benzene rings is 4. The highest BCUT2D eigenvalue weighted by atomic mass is 15.7. The van der Waals surface area contributed by atoms with Crippen molar-refractivity contribution in [2.75, 3.05) is 0 Å². The summed E-state index contributed by atoms with van der Waals surface area (Å²) in [5.74, 6) is 4.53. The van der Waals surface area contributed by atoms with Gasteiger partial charge in [-0.25, -0.2) is 0 Å². The minimum absolute atomic E-state index is 0.910. The van der Waals surface area contributed by atoms with E-state index in [0.29, 0.717) is 0 Å². The Morgan fingerprint density at radius 1 is 0.458 bits per heavy atom. The van der Waals surface area contributed by atoms with Crippen LogP contribution in [0.3, 0.4) is 0 Å². The van der Waals surface area contributed by atoms with Crippen molar-refractivity contribution >= 4 is 56.5 Å². The van der Waals surface area contributed by atoms with Crippen molar-refractivity contribution in [1.29, 1.82) is 0 Å². The van der Waals surface area contributed by atoms with E-state index in [2.05, 4.69) is 121 Å². The summed E-state index contributed by atoms with van der Waals surface area (Å²) in [6.45, 7) is 15.3. The Kier molecular flexibility index (Phi) is 3.97. The maximum absolute atomic E-state index is 5.60. The highest BCUT2D eigenvalue weighted by Crippen LogP contribution is 2.53. The molecular weight excluding hydrogens is 592 g/mol. The maximum Gasteiger partial charge on any atom is 0.404 e. The lowest BCUT2D eigenvalue weighted by Crippen LogP contribution is -2.71. The Morgan fingerprint density at radius 2 is 0.917 bits per heavy atom. The standard InChI is InChI=1S/C40H30N8/c1-17-8-9-24-25(10-17)33-42-35-28-13-20(4)21(5)14-29(28)37-44-39-31-16-23(7)22(6)15-30(31)38-43-36-27-12-19(3)18(2)11-26(27)34-41-32(24)45(33)40(46(34)36,47(35)37)48(38)39/h8-16H,1-7H3/q+2. The van der Waals surface area contributed by atoms with Crippen LogP contribution in [0.1, 0.15) is 61.2 Å². The van der Waals surface area contributed by atoms with E-state index >= 15 is 0 Å². The monoisotopic (exact) mass is 622 g/mol. The lowest BCUT2D eigenvalue weighted by atomic mass is 10.0. The topological polar surface area (TPSA) is 65.3 Å². The van der Waals surface area contributed by atoms with Gasteiger partial charge in [-0.1, -0.05) is 31.6 Å². The normalized spacial score (nSPS) is 19.6. The van der Waals surface area contributed by atoms with Crippen molar-refractivity contribution in [1.82, 2.24) is 9.13 Å². The number of hydrogen-bond acceptors (Lipinski definition) is 4. The zero-order chi connectivity index (χ0) is 32.3. The van der Waals surface area contributed by atoms with Gasteiger partial charge >= 0.3 is 5.91 Å². The first-order valence-electron chi connectivity index (χ1n) is 16.7. The molecule has 12 rings (SSSR count). The molecule has 8 heteroatoms. The summed E-state index contributed by atoms with van der Waals surface area (Å²) in [7, 11) is 0. The summed E-state index contributed by atoms with van der Waals surface area (Å²) >= 11 is 0. The van der Waals surface area contributed by atoms with E-state index in [0.717, 1.165) is 89.8 Å². The molecule has 6 aromatic rings. The number of aliphatic imine (C=N–C) groups is 2. The fourth-order valence-corrected chi connectivity index (χ4v) is 8.98. The van der Waals surface area contributed by atoms with E-state index in [9.17, 15) is 0 Å². The molecule has 2 aromatic heterocycles. The van der Waals surface area contributed by atoms with Gasteiger partial charge in [-0.2, -0.15) is 9.13 Å². The molecule has 0 saturated heterocycles. The molecule has 8 nitrogen and oxygen atoms in total. The molecule has 228 valence electrons. The third-order valence-corrected chi connectivity index (χ3v) is 11.7. The highest BCUT2D eigenvalue weighted by Gasteiger charge is 2.69. The molecule has 48 heavy (non-hydrogen) atoms. The Morgan fingerprint density at radius 3 is 1.44 bits per heavy atom. The third-order valence-electron chi connectivity index (χ3n) is 11.7. The number of amidine groups is 4. The van der Waals surface area contributed by atoms with Gasteiger partial charge in [0.05, 0.1) is 22.3 Å². The fourth-order valence-electron chi connectivity index (χ4n) is 8.98. The average Bonchev–Trinajstić information content (AvgIpc) is 3.74. The first kappa shape index (κ1) is 25.3. The van der Waals surface area contributed by atoms with Crippen LogP contribution in [0.5, 0.6) is 0 Å². The van der Waals surface area contributed by atoms with Gasteiger partial charge in [0.25, 0.3) is 23.3 Å². The van der Waals surface area contributed by atoms with Crippen LogP contribution in [0.2, 0.25) is 0 Å². The van der Waals surface area contributed by atoms with Crippen LogP contribution in [0.4, 0.5) is 11.6 Å². The number of hydrogen-bond donors (Lipinski definition) is 0. The molecule has 0 fully saturated rings. The number of nitrogens with zero attached hydrogens (tertiary/aromatic N) is 8. The molecule has 1 unspecified atom stereocenters. The summed E-state index contributed by atoms with van der Waals surface area (Å²) in [6, 6.07) is 20.5. The molecular formula is C40H30N8+2. The molecule has 0 amide bonds. The van der Waals surface area contributed by atoms with Crippen LogP contribution in [0.15, 0.2) is 74.6 Å². The molecule has 4 aromatic carbocycles. The lowest BCUT2D eigenvalue weighted by Gasteiger charge is -2.40. The van der Waals surface area contributed by atoms with Gasteiger partial charge in [0.15, 0.2) is 0 Å². The van der Waals surface area contributed by atoms with Gasteiger partial charge in [-0.3, -0.25) is 0 Å². The first-order valence-corrected chi connectivity index (χ1v) is 16.7. The van der Waals surface area contributed by atoms with Gasteiger partial charge in [0.2, 0.25) is 22.6 Å². The van der Waals surface area contributed by atoms with Gasteiger partial charge < -0.3 is 0 Å². The number of rotatable bonds is 0. The van der Waals surface area contributed by atoms with Gasteiger partial charge in [0, 0.05) is 21.5 Å². The molecule has 1 atom stereocenters. The third kappa shape index (κ3) is 2.44. The number of aryl methyl sites for hydroxylation is 7. The Labute approximate surface area is 275 Å². The Bertz CT molecular complexity index is 2970. The second-order valence-corrected chi connectivity index (χ2v) is 14.5. The quantitative estimate of drug-likeness (QED) is 0.191. The average molecular weight is 623 g/mol. The van der Waals surface area contributed by atoms with Crippen LogP contribution < -0.4 is 11.0 Å². The Hall–Kier alpha value is -5.76. The molecule has 0 saturated carbocycles. The zero-order valence-corrected chi connectivity index (χ0v) is 27.8. The summed E-state index contributed by atoms with van der Waals surface area (Å²) in [4.78, 5) is 22.4. The molecule has 6 aliphatic heterocycles. The zero-order valence-electron chi connectivity index (χ0n) is 27.8. The summed E-state index contributed by atoms with van der Waals surface area (Å²) < 4.78 is 9.56. The largest absolute Gasteiger partial charge is 0.404 e. The van der Waals surface area contributed by atoms with Crippen molar-refractivity contribution in [2.24, 2.45) is 20.0 Å². The van der Waals surface area contributed by atoms with E-state index in [4.69, 9.17) is 20.0 Å². The van der Waals surface area contributed by atoms with E-state index in [1.54, 1.807) is 0 Å². The molecule has 0 N–H and O–H groups in total. The molecule has 6 aliphatic rings. The lowest BCUT2D eigenvalue weighted by molar-refractivity contribution is -0.790. The summed E-state index contributed by atoms with van der Waals surface area (Å²) in [6.07, 6.45) is 0. The van der Waals surface area contributed by atoms with Crippen molar-refractivity contribution in [3.8, 4) is 0 Å². The minimum atomic E-state index is -0.965. The van der Waals surface area contributed by atoms with Crippen LogP contribution in [0, 0.1) is 48.5 Å². The highest BCUT2D eigenvalue weighted by molar-refractivity contribution is 6.20. The fraction of sp³-hybridized carbons (Fsp3) is 0.200. The van der Waals surface area contributed by atoms with Gasteiger partial charge in [0.1, 0.15) is 0 Å². The van der Waals surface area contributed by atoms with Crippen molar-refractivity contribution in [3.63, 3.8) is 0 Å². The Balaban J connectivity index is 1.41.